The maximum absolute atomic E-state index is 13.1. The van der Waals surface area contributed by atoms with Gasteiger partial charge in [0.1, 0.15) is 17.5 Å². The average molecular weight is 385 g/mol. The molecule has 0 aliphatic rings. The molecule has 20 heavy (non-hydrogen) atoms. The summed E-state index contributed by atoms with van der Waals surface area (Å²) < 4.78 is 14.0. The number of halogens is 2. The smallest absolute Gasteiger partial charge is 0.143 e. The van der Waals surface area contributed by atoms with Crippen LogP contribution in [-0.4, -0.2) is 16.5 Å². The second-order valence-corrected chi connectivity index (χ2v) is 6.21. The monoisotopic (exact) mass is 385 g/mol. The van der Waals surface area contributed by atoms with Crippen LogP contribution in [0, 0.1) is 9.39 Å². The Morgan fingerprint density at radius 3 is 2.50 bits per heavy atom. The molecule has 106 valence electrons. The Morgan fingerprint density at radius 2 is 1.90 bits per heavy atom. The normalized spacial score (nSPS) is 11.4. The lowest BCUT2D eigenvalue weighted by Crippen LogP contribution is -2.23. The molecule has 5 heteroatoms. The fourth-order valence-corrected chi connectivity index (χ4v) is 2.41. The molecule has 2 aromatic rings. The van der Waals surface area contributed by atoms with Crippen LogP contribution in [0.2, 0.25) is 0 Å². The minimum atomic E-state index is -0.373. The van der Waals surface area contributed by atoms with Gasteiger partial charge in [-0.2, -0.15) is 0 Å². The number of nitrogens with one attached hydrogen (secondary N) is 1. The quantitative estimate of drug-likeness (QED) is 0.810. The number of aromatic nitrogens is 2. The van der Waals surface area contributed by atoms with Gasteiger partial charge in [0, 0.05) is 18.2 Å². The largest absolute Gasteiger partial charge is 0.369 e. The van der Waals surface area contributed by atoms with Crippen LogP contribution in [0.15, 0.2) is 30.5 Å². The van der Waals surface area contributed by atoms with Crippen LogP contribution in [0.4, 0.5) is 10.2 Å². The number of benzene rings is 1. The summed E-state index contributed by atoms with van der Waals surface area (Å²) in [6, 6.07) is 6.50. The van der Waals surface area contributed by atoms with E-state index in [9.17, 15) is 4.39 Å². The Hall–Kier alpha value is -1.24. The number of rotatable bonds is 4. The summed E-state index contributed by atoms with van der Waals surface area (Å²) in [5.41, 5.74) is 0.616. The van der Waals surface area contributed by atoms with Gasteiger partial charge in [-0.3, -0.25) is 0 Å². The molecule has 0 radical (unpaired) electrons. The molecule has 1 aromatic heterocycles. The molecule has 2 rings (SSSR count). The van der Waals surface area contributed by atoms with Gasteiger partial charge in [-0.15, -0.1) is 0 Å². The van der Waals surface area contributed by atoms with E-state index >= 15 is 0 Å². The average Bonchev–Trinajstić information content (AvgIpc) is 2.42. The topological polar surface area (TPSA) is 37.8 Å². The molecule has 1 heterocycles. The van der Waals surface area contributed by atoms with Crippen molar-refractivity contribution < 1.29 is 4.39 Å². The van der Waals surface area contributed by atoms with E-state index in [1.807, 2.05) is 27.0 Å². The van der Waals surface area contributed by atoms with Crippen LogP contribution < -0.4 is 5.32 Å². The van der Waals surface area contributed by atoms with Crippen molar-refractivity contribution in [2.75, 3.05) is 11.9 Å². The fraction of sp³-hybridized carbons (Fsp3) is 0.333. The van der Waals surface area contributed by atoms with Crippen molar-refractivity contribution in [2.24, 2.45) is 0 Å². The van der Waals surface area contributed by atoms with Crippen LogP contribution in [0.3, 0.4) is 0 Å². The van der Waals surface area contributed by atoms with E-state index in [0.29, 0.717) is 0 Å². The molecule has 0 saturated heterocycles. The highest BCUT2D eigenvalue weighted by Gasteiger charge is 2.27. The third kappa shape index (κ3) is 3.08. The highest BCUT2D eigenvalue weighted by Crippen LogP contribution is 2.30. The molecule has 0 spiro atoms. The summed E-state index contributed by atoms with van der Waals surface area (Å²) in [5.74, 6) is 1.33. The van der Waals surface area contributed by atoms with E-state index in [1.54, 1.807) is 12.1 Å². The van der Waals surface area contributed by atoms with Gasteiger partial charge in [0.15, 0.2) is 0 Å². The van der Waals surface area contributed by atoms with Crippen LogP contribution >= 0.6 is 22.6 Å². The minimum absolute atomic E-state index is 0.235. The molecular formula is C15H17FIN3. The van der Waals surface area contributed by atoms with E-state index in [1.165, 1.54) is 12.1 Å². The third-order valence-electron chi connectivity index (χ3n) is 3.21. The molecule has 0 aliphatic heterocycles. The summed E-state index contributed by atoms with van der Waals surface area (Å²) >= 11 is 2.21. The van der Waals surface area contributed by atoms with E-state index in [2.05, 4.69) is 37.9 Å². The predicted molar refractivity (Wildman–Crippen MR) is 87.4 cm³/mol. The van der Waals surface area contributed by atoms with Gasteiger partial charge in [0.25, 0.3) is 0 Å². The summed E-state index contributed by atoms with van der Waals surface area (Å²) in [5, 5.41) is 3.23. The van der Waals surface area contributed by atoms with Crippen molar-refractivity contribution >= 4 is 28.4 Å². The maximum atomic E-state index is 13.1. The SMILES string of the molecule is CCNc1nc(C(C)(C)c2ccc(F)cc2)ncc1I. The predicted octanol–water partition coefficient (Wildman–Crippen LogP) is 3.98. The Balaban J connectivity index is 2.43. The first-order valence-corrected chi connectivity index (χ1v) is 7.56. The van der Waals surface area contributed by atoms with Gasteiger partial charge >= 0.3 is 0 Å². The zero-order valence-electron chi connectivity index (χ0n) is 11.7. The Bertz CT molecular complexity index is 597. The second kappa shape index (κ2) is 6.03. The Morgan fingerprint density at radius 1 is 1.25 bits per heavy atom. The van der Waals surface area contributed by atoms with Gasteiger partial charge in [-0.1, -0.05) is 12.1 Å². The van der Waals surface area contributed by atoms with Crippen molar-refractivity contribution in [1.82, 2.24) is 9.97 Å². The highest BCUT2D eigenvalue weighted by atomic mass is 127. The molecule has 3 nitrogen and oxygen atoms in total. The first-order valence-electron chi connectivity index (χ1n) is 6.48. The van der Waals surface area contributed by atoms with Crippen LogP contribution in [0.5, 0.6) is 0 Å². The molecule has 0 saturated carbocycles. The van der Waals surface area contributed by atoms with Crippen molar-refractivity contribution in [3.63, 3.8) is 0 Å². The zero-order valence-corrected chi connectivity index (χ0v) is 13.9. The number of anilines is 1. The molecule has 0 atom stereocenters. The maximum Gasteiger partial charge on any atom is 0.143 e. The summed E-state index contributed by atoms with van der Waals surface area (Å²) in [7, 11) is 0. The number of nitrogens with zero attached hydrogens (tertiary/aromatic N) is 2. The minimum Gasteiger partial charge on any atom is -0.369 e. The van der Waals surface area contributed by atoms with E-state index < -0.39 is 0 Å². The Kier molecular flexibility index (Phi) is 4.57. The van der Waals surface area contributed by atoms with Crippen LogP contribution in [0.1, 0.15) is 32.2 Å². The molecular weight excluding hydrogens is 368 g/mol. The zero-order chi connectivity index (χ0) is 14.8. The van der Waals surface area contributed by atoms with Gasteiger partial charge in [0.2, 0.25) is 0 Å². The lowest BCUT2D eigenvalue weighted by atomic mass is 9.84. The summed E-state index contributed by atoms with van der Waals surface area (Å²) in [6.45, 7) is 6.92. The molecule has 0 amide bonds. The molecule has 0 fully saturated rings. The van der Waals surface area contributed by atoms with Gasteiger partial charge in [-0.25, -0.2) is 14.4 Å². The van der Waals surface area contributed by atoms with Crippen molar-refractivity contribution in [1.29, 1.82) is 0 Å². The molecule has 1 N–H and O–H groups in total. The summed E-state index contributed by atoms with van der Waals surface area (Å²) in [4.78, 5) is 9.05. The van der Waals surface area contributed by atoms with E-state index in [0.717, 1.165) is 27.3 Å². The summed E-state index contributed by atoms with van der Waals surface area (Å²) in [6.07, 6.45) is 1.81. The number of hydrogen-bond acceptors (Lipinski definition) is 3. The standard InChI is InChI=1S/C15H17FIN3/c1-4-18-13-12(17)9-19-14(20-13)15(2,3)10-5-7-11(16)8-6-10/h5-9H,4H2,1-3H3,(H,18,19,20). The molecule has 1 aromatic carbocycles. The van der Waals surface area contributed by atoms with E-state index in [-0.39, 0.29) is 11.2 Å². The highest BCUT2D eigenvalue weighted by molar-refractivity contribution is 14.1. The molecule has 0 unspecified atom stereocenters. The van der Waals surface area contributed by atoms with Gasteiger partial charge < -0.3 is 5.32 Å². The van der Waals surface area contributed by atoms with Crippen molar-refractivity contribution in [3.8, 4) is 0 Å². The van der Waals surface area contributed by atoms with Crippen molar-refractivity contribution in [3.05, 3.63) is 51.2 Å². The Labute approximate surface area is 132 Å². The molecule has 0 bridgehead atoms. The fourth-order valence-electron chi connectivity index (χ4n) is 1.96. The lowest BCUT2D eigenvalue weighted by Gasteiger charge is -2.24. The van der Waals surface area contributed by atoms with Crippen molar-refractivity contribution in [2.45, 2.75) is 26.2 Å². The lowest BCUT2D eigenvalue weighted by molar-refractivity contribution is 0.583. The van der Waals surface area contributed by atoms with Gasteiger partial charge in [-0.05, 0) is 61.1 Å². The molecule has 0 aliphatic carbocycles. The first-order chi connectivity index (χ1) is 9.45. The van der Waals surface area contributed by atoms with E-state index in [4.69, 9.17) is 0 Å². The van der Waals surface area contributed by atoms with Crippen LogP contribution in [0.25, 0.3) is 0 Å². The number of hydrogen-bond donors (Lipinski definition) is 1. The first kappa shape index (κ1) is 15.2. The van der Waals surface area contributed by atoms with Crippen LogP contribution in [-0.2, 0) is 5.41 Å². The second-order valence-electron chi connectivity index (χ2n) is 5.05. The van der Waals surface area contributed by atoms with Gasteiger partial charge in [0.05, 0.1) is 3.57 Å². The third-order valence-corrected chi connectivity index (χ3v) is 4.00.